The maximum absolute atomic E-state index is 12.9. The van der Waals surface area contributed by atoms with Crippen molar-refractivity contribution in [1.29, 1.82) is 0 Å². The highest BCUT2D eigenvalue weighted by Gasteiger charge is 2.46. The van der Waals surface area contributed by atoms with Crippen LogP contribution < -0.4 is 44.3 Å². The topological polar surface area (TPSA) is 158 Å². The lowest BCUT2D eigenvalue weighted by Crippen LogP contribution is -2.41. The Balaban J connectivity index is 0.000000175. The average molecular weight is 1790 g/mol. The number of allylic oxidation sites excluding steroid dienone is 1. The molecule has 2 saturated carbocycles. The van der Waals surface area contributed by atoms with Gasteiger partial charge in [0, 0.05) is 62.5 Å². The number of alkyl halides is 2. The van der Waals surface area contributed by atoms with Gasteiger partial charge in [-0.3, -0.25) is 14.5 Å². The molecule has 10 aromatic carbocycles. The minimum atomic E-state index is -0.588. The number of aliphatic hydroxyl groups is 2. The first-order valence-corrected chi connectivity index (χ1v) is 48.3. The Kier molecular flexibility index (Phi) is 47.8. The molecule has 0 radical (unpaired) electrons. The molecule has 3 unspecified atom stereocenters. The van der Waals surface area contributed by atoms with Gasteiger partial charge in [-0.05, 0) is 189 Å². The van der Waals surface area contributed by atoms with Crippen molar-refractivity contribution in [3.63, 3.8) is 0 Å². The Morgan fingerprint density at radius 1 is 0.527 bits per heavy atom. The second kappa shape index (κ2) is 60.0. The number of amides is 2. The van der Waals surface area contributed by atoms with Crippen LogP contribution in [-0.2, 0) is 22.6 Å². The van der Waals surface area contributed by atoms with Gasteiger partial charge < -0.3 is 49.4 Å². The molecule has 0 aromatic heterocycles. The van der Waals surface area contributed by atoms with Crippen molar-refractivity contribution in [3.8, 4) is 28.7 Å². The Morgan fingerprint density at radius 2 is 1.02 bits per heavy atom. The first-order valence-electron chi connectivity index (χ1n) is 47.2. The molecular formula is C112H144Cl2N6O9. The van der Waals surface area contributed by atoms with E-state index in [0.717, 1.165) is 104 Å². The number of aliphatic hydroxyl groups excluding tert-OH is 2. The van der Waals surface area contributed by atoms with Gasteiger partial charge in [0.2, 0.25) is 0 Å². The van der Waals surface area contributed by atoms with Gasteiger partial charge in [-0.2, -0.15) is 0 Å². The van der Waals surface area contributed by atoms with Crippen LogP contribution >= 0.6 is 23.2 Å². The van der Waals surface area contributed by atoms with E-state index in [-0.39, 0.29) is 25.0 Å². The van der Waals surface area contributed by atoms with E-state index < -0.39 is 12.0 Å². The van der Waals surface area contributed by atoms with Crippen molar-refractivity contribution in [2.75, 3.05) is 102 Å². The maximum Gasteiger partial charge on any atom is 0.258 e. The summed E-state index contributed by atoms with van der Waals surface area (Å²) in [6, 6.07) is 95.5. The summed E-state index contributed by atoms with van der Waals surface area (Å²) in [4.78, 5) is 30.2. The highest BCUT2D eigenvalue weighted by molar-refractivity contribution is 6.23. The molecule has 0 spiro atoms. The van der Waals surface area contributed by atoms with Gasteiger partial charge in [0.05, 0.1) is 18.0 Å². The zero-order chi connectivity index (χ0) is 91.3. The van der Waals surface area contributed by atoms with E-state index in [2.05, 4.69) is 176 Å². The lowest BCUT2D eigenvalue weighted by molar-refractivity contribution is -0.127. The quantitative estimate of drug-likeness (QED) is 0.0125. The van der Waals surface area contributed by atoms with E-state index in [1.807, 2.05) is 178 Å². The number of carbonyl (C=O) groups excluding carboxylic acids is 2. The third kappa shape index (κ3) is 36.3. The van der Waals surface area contributed by atoms with E-state index in [0.29, 0.717) is 79.5 Å². The van der Waals surface area contributed by atoms with Crippen molar-refractivity contribution in [2.45, 2.75) is 180 Å². The Morgan fingerprint density at radius 3 is 1.54 bits per heavy atom. The van der Waals surface area contributed by atoms with Crippen LogP contribution in [0, 0.1) is 23.7 Å². The summed E-state index contributed by atoms with van der Waals surface area (Å²) in [5.41, 5.74) is 11.1. The fourth-order valence-corrected chi connectivity index (χ4v) is 17.4. The van der Waals surface area contributed by atoms with Crippen LogP contribution in [0.25, 0.3) is 11.1 Å². The second-order valence-electron chi connectivity index (χ2n) is 34.2. The summed E-state index contributed by atoms with van der Waals surface area (Å²) in [6.45, 7) is 18.7. The van der Waals surface area contributed by atoms with Crippen LogP contribution in [0.5, 0.6) is 28.7 Å². The summed E-state index contributed by atoms with van der Waals surface area (Å²) < 4.78 is 28.3. The number of rotatable bonds is 40. The summed E-state index contributed by atoms with van der Waals surface area (Å²) in [5.74, 6) is 7.48. The third-order valence-electron chi connectivity index (χ3n) is 23.7. The van der Waals surface area contributed by atoms with Gasteiger partial charge in [0.1, 0.15) is 62.3 Å². The molecule has 17 heteroatoms. The Bertz CT molecular complexity index is 4600. The number of halogens is 2. The number of para-hydroxylation sites is 6. The summed E-state index contributed by atoms with van der Waals surface area (Å²) in [7, 11) is 4.11. The number of ether oxygens (including phenoxy) is 5. The number of piperidine rings is 1. The molecule has 2 aliphatic heterocycles. The largest absolute Gasteiger partial charge is 0.492 e. The van der Waals surface area contributed by atoms with Gasteiger partial charge in [-0.15, -0.1) is 23.2 Å². The number of benzene rings is 10. The molecule has 690 valence electrons. The van der Waals surface area contributed by atoms with E-state index >= 15 is 0 Å². The molecule has 2 saturated heterocycles. The number of unbranched alkanes of at least 4 members (excludes halogenated alkanes) is 1. The van der Waals surface area contributed by atoms with E-state index in [9.17, 15) is 14.7 Å². The summed E-state index contributed by atoms with van der Waals surface area (Å²) in [6.07, 6.45) is 26.4. The highest BCUT2D eigenvalue weighted by atomic mass is 35.5. The number of hydrogen-bond donors (Lipinski definition) is 4. The fraction of sp³-hybridized carbons (Fsp3) is 0.411. The molecule has 3 atom stereocenters. The second-order valence-corrected chi connectivity index (χ2v) is 35.0. The van der Waals surface area contributed by atoms with Crippen molar-refractivity contribution in [1.82, 2.24) is 20.4 Å². The lowest BCUT2D eigenvalue weighted by Gasteiger charge is -2.40. The van der Waals surface area contributed by atoms with Gasteiger partial charge in [0.15, 0.2) is 11.5 Å². The molecule has 4 aliphatic rings. The summed E-state index contributed by atoms with van der Waals surface area (Å²) >= 11 is 12.1. The average Bonchev–Trinajstić information content (AvgIpc) is 1.66. The molecule has 2 amide bonds. The number of nitrogens with zero attached hydrogens (tertiary/aromatic N) is 4. The van der Waals surface area contributed by atoms with Gasteiger partial charge in [-0.1, -0.05) is 335 Å². The van der Waals surface area contributed by atoms with Crippen molar-refractivity contribution >= 4 is 57.5 Å². The number of hydrazine groups is 1. The Hall–Kier alpha value is -10.0. The van der Waals surface area contributed by atoms with Crippen LogP contribution in [0.2, 0.25) is 0 Å². The molecule has 15 nitrogen and oxygen atoms in total. The van der Waals surface area contributed by atoms with Crippen LogP contribution in [0.4, 0.5) is 11.4 Å². The van der Waals surface area contributed by atoms with Crippen LogP contribution in [0.3, 0.4) is 0 Å². The number of nitrogens with one attached hydrogen (secondary N) is 2. The normalized spacial score (nSPS) is 15.4. The minimum absolute atomic E-state index is 0.00476. The predicted octanol–water partition coefficient (Wildman–Crippen LogP) is 24.1. The smallest absolute Gasteiger partial charge is 0.258 e. The molecular weight excluding hydrogens is 1640 g/mol. The molecule has 2 aliphatic carbocycles. The van der Waals surface area contributed by atoms with Crippen molar-refractivity contribution < 1.29 is 43.5 Å². The number of carbonyl (C=O) groups is 2. The minimum Gasteiger partial charge on any atom is -0.492 e. The monoisotopic (exact) mass is 1790 g/mol. The Labute approximate surface area is 782 Å². The van der Waals surface area contributed by atoms with Crippen molar-refractivity contribution in [3.05, 3.63) is 331 Å². The van der Waals surface area contributed by atoms with Gasteiger partial charge in [-0.25, -0.2) is 10.0 Å². The van der Waals surface area contributed by atoms with E-state index in [1.165, 1.54) is 114 Å². The molecule has 0 bridgehead atoms. The number of likely N-dealkylation sites (N-methyl/N-ethyl adjacent to an activating group) is 1. The SMILES string of the molecule is C1CCC(C(CC2CCCCN2)C2CCCCC2)CC1.C=CCOc1ccccc1OCC(O)CNC(C)C.CC(COc1ccccc1)N(CCCl)Cc1ccccc1.CCCCC1C(=O)N(c2ccccc2)N(c2ccccc2)C1=O.CN(C)CCOc1ccccc1Cc1ccccc1.OCCOc1ccc(/C(=C(/CCCl)c2ccccc2)c2ccccc2)cc1. The first-order chi connectivity index (χ1) is 63.2. The molecule has 10 aromatic rings. The number of hydrogen-bond acceptors (Lipinski definition) is 13. The van der Waals surface area contributed by atoms with Crippen LogP contribution in [0.1, 0.15) is 177 Å². The zero-order valence-corrected chi connectivity index (χ0v) is 79.0. The van der Waals surface area contributed by atoms with Crippen LogP contribution in [0.15, 0.2) is 298 Å². The summed E-state index contributed by atoms with van der Waals surface area (Å²) in [5, 5.41) is 28.7. The standard InChI is InChI=1S/C24H23ClO2.C19H20N2O2.C19H35N.C18H22ClNO.C17H21NO.C15H23NO3/c25-16-15-23(19-7-3-1-4-8-19)24(20-9-5-2-6-10-20)21-11-13-22(14-12-21)27-18-17-26;1-2-3-14-17-18(22)20(15-10-6-4-7-11-15)21(19(17)23)16-12-8-5-9-13-16;1-3-9-16(10-4-1)19(17-11-5-2-6-12-17)15-18-13-7-8-14-20-18;1-16(15-21-18-10-6-3-7-11-18)20(13-12-19)14-17-8-4-2-5-9-17;1-18(2)12-13-19-17-11-7-6-10-16(17)14-15-8-4-3-5-9-15;1-4-9-18-14-7-5-6-8-15(14)19-11-13(17)10-16-12(2)3/h1-14,26H,15-18H2;4-13,17H,2-3,14H2,1H3;16-20H,1-15H2;2-11,16H,12-15H2,1H3;3-11H,12-14H2,1-2H3;4-8,12-13,16-17H,1,9-11H2,2-3H3/b24-23-;;;;;. The van der Waals surface area contributed by atoms with E-state index in [1.54, 1.807) is 31.8 Å². The molecule has 129 heavy (non-hydrogen) atoms. The first kappa shape index (κ1) is 103. The molecule has 4 N–H and O–H groups in total. The molecule has 4 fully saturated rings. The van der Waals surface area contributed by atoms with Crippen molar-refractivity contribution in [2.24, 2.45) is 23.7 Å². The third-order valence-corrected chi connectivity index (χ3v) is 24.1. The number of anilines is 2. The zero-order valence-electron chi connectivity index (χ0n) is 77.5. The van der Waals surface area contributed by atoms with E-state index in [4.69, 9.17) is 52.0 Å². The van der Waals surface area contributed by atoms with Gasteiger partial charge in [0.25, 0.3) is 11.8 Å². The van der Waals surface area contributed by atoms with Gasteiger partial charge >= 0.3 is 0 Å². The molecule has 2 heterocycles. The molecule has 14 rings (SSSR count). The lowest BCUT2D eigenvalue weighted by atomic mass is 9.67. The highest BCUT2D eigenvalue weighted by Crippen LogP contribution is 2.44. The van der Waals surface area contributed by atoms with Crippen LogP contribution in [-0.4, -0.2) is 148 Å². The predicted molar refractivity (Wildman–Crippen MR) is 536 cm³/mol. The fourth-order valence-electron chi connectivity index (χ4n) is 17.0. The maximum atomic E-state index is 12.9.